The van der Waals surface area contributed by atoms with Gasteiger partial charge < -0.3 is 13.7 Å². The van der Waals surface area contributed by atoms with Gasteiger partial charge in [0.1, 0.15) is 0 Å². The second kappa shape index (κ2) is 5.84. The molecule has 1 atom stereocenters. The van der Waals surface area contributed by atoms with E-state index in [1.807, 2.05) is 5.98 Å². The lowest BCUT2D eigenvalue weighted by molar-refractivity contribution is 0.00578. The van der Waals surface area contributed by atoms with Crippen LogP contribution in [0.2, 0.25) is 18.1 Å². The average Bonchev–Trinajstić information content (AvgIpc) is 2.42. The number of hydrogen-bond donors (Lipinski definition) is 0. The van der Waals surface area contributed by atoms with E-state index in [2.05, 4.69) is 74.6 Å². The van der Waals surface area contributed by atoms with Crippen LogP contribution in [0.15, 0.2) is 12.1 Å². The highest BCUT2D eigenvalue weighted by molar-refractivity contribution is 6.74. The van der Waals surface area contributed by atoms with Crippen LogP contribution in [0.25, 0.3) is 0 Å². The van der Waals surface area contributed by atoms with E-state index >= 15 is 0 Å². The van der Waals surface area contributed by atoms with E-state index in [-0.39, 0.29) is 29.5 Å². The molecule has 0 aromatic rings. The highest BCUT2D eigenvalue weighted by Gasteiger charge is 2.50. The van der Waals surface area contributed by atoms with Crippen molar-refractivity contribution in [3.63, 3.8) is 0 Å². The van der Waals surface area contributed by atoms with Gasteiger partial charge in [-0.05, 0) is 52.8 Å². The molecule has 0 N–H and O–H groups in total. The van der Waals surface area contributed by atoms with Crippen LogP contribution in [-0.4, -0.2) is 32.7 Å². The Bertz CT molecular complexity index is 381. The Morgan fingerprint density at radius 1 is 1.05 bits per heavy atom. The molecular weight excluding hydrogens is 279 g/mol. The van der Waals surface area contributed by atoms with Crippen molar-refractivity contribution in [1.82, 2.24) is 0 Å². The lowest BCUT2D eigenvalue weighted by atomic mass is 9.89. The maximum Gasteiger partial charge on any atom is 0.486 e. The topological polar surface area (TPSA) is 27.7 Å². The molecule has 0 spiro atoms. The van der Waals surface area contributed by atoms with Gasteiger partial charge in [0.25, 0.3) is 0 Å². The molecule has 122 valence electrons. The minimum absolute atomic E-state index is 0.0740. The molecule has 1 heterocycles. The molecule has 1 aliphatic rings. The SMILES string of the molecule is CC(/C=C\B1OC(C)(C)C(C)(C)O1)O[Si](C)(C)C(C)(C)C. The molecule has 1 rings (SSSR count). The van der Waals surface area contributed by atoms with Gasteiger partial charge in [0.05, 0.1) is 17.3 Å². The maximum absolute atomic E-state index is 6.31. The van der Waals surface area contributed by atoms with E-state index in [0.29, 0.717) is 0 Å². The molecular formula is C16H33BO3Si. The smallest absolute Gasteiger partial charge is 0.411 e. The fourth-order valence-corrected chi connectivity index (χ4v) is 3.26. The van der Waals surface area contributed by atoms with Crippen LogP contribution in [0.3, 0.4) is 0 Å². The van der Waals surface area contributed by atoms with Crippen molar-refractivity contribution in [3.05, 3.63) is 12.1 Å². The van der Waals surface area contributed by atoms with Crippen molar-refractivity contribution in [2.45, 2.75) is 90.8 Å². The van der Waals surface area contributed by atoms with Crippen molar-refractivity contribution in [2.75, 3.05) is 0 Å². The summed E-state index contributed by atoms with van der Waals surface area (Å²) >= 11 is 0. The first kappa shape index (κ1) is 18.9. The van der Waals surface area contributed by atoms with Crippen LogP contribution in [0.4, 0.5) is 0 Å². The molecule has 0 amide bonds. The summed E-state index contributed by atoms with van der Waals surface area (Å²) in [6, 6.07) is 0. The monoisotopic (exact) mass is 312 g/mol. The van der Waals surface area contributed by atoms with Crippen LogP contribution >= 0.6 is 0 Å². The van der Waals surface area contributed by atoms with Crippen molar-refractivity contribution in [1.29, 1.82) is 0 Å². The molecule has 21 heavy (non-hydrogen) atoms. The first-order valence-corrected chi connectivity index (χ1v) is 10.8. The average molecular weight is 312 g/mol. The zero-order valence-corrected chi connectivity index (χ0v) is 16.5. The van der Waals surface area contributed by atoms with E-state index in [1.165, 1.54) is 0 Å². The van der Waals surface area contributed by atoms with E-state index in [1.54, 1.807) is 0 Å². The van der Waals surface area contributed by atoms with Gasteiger partial charge in [-0.15, -0.1) is 0 Å². The Balaban J connectivity index is 2.63. The van der Waals surface area contributed by atoms with Crippen molar-refractivity contribution in [2.24, 2.45) is 0 Å². The molecule has 3 nitrogen and oxygen atoms in total. The first-order valence-electron chi connectivity index (χ1n) is 7.90. The molecule has 0 radical (unpaired) electrons. The highest BCUT2D eigenvalue weighted by atomic mass is 28.4. The summed E-state index contributed by atoms with van der Waals surface area (Å²) < 4.78 is 18.2. The van der Waals surface area contributed by atoms with Crippen molar-refractivity contribution >= 4 is 15.4 Å². The van der Waals surface area contributed by atoms with Crippen molar-refractivity contribution < 1.29 is 13.7 Å². The maximum atomic E-state index is 6.31. The zero-order valence-electron chi connectivity index (χ0n) is 15.5. The zero-order chi connectivity index (χ0) is 16.7. The first-order chi connectivity index (χ1) is 9.18. The predicted octanol–water partition coefficient (Wildman–Crippen LogP) is 4.58. The van der Waals surface area contributed by atoms with Gasteiger partial charge in [0.2, 0.25) is 0 Å². The predicted molar refractivity (Wildman–Crippen MR) is 93.0 cm³/mol. The van der Waals surface area contributed by atoms with Gasteiger partial charge in [0.15, 0.2) is 8.32 Å². The van der Waals surface area contributed by atoms with E-state index in [4.69, 9.17) is 13.7 Å². The Morgan fingerprint density at radius 3 is 1.86 bits per heavy atom. The van der Waals surface area contributed by atoms with Gasteiger partial charge >= 0.3 is 7.12 Å². The van der Waals surface area contributed by atoms with Crippen LogP contribution in [0.1, 0.15) is 55.4 Å². The second-order valence-corrected chi connectivity index (χ2v) is 13.3. The lowest BCUT2D eigenvalue weighted by Crippen LogP contribution is -2.43. The molecule has 0 aromatic carbocycles. The third-order valence-electron chi connectivity index (χ3n) is 5.10. The highest BCUT2D eigenvalue weighted by Crippen LogP contribution is 2.38. The van der Waals surface area contributed by atoms with Gasteiger partial charge in [-0.3, -0.25) is 0 Å². The van der Waals surface area contributed by atoms with Gasteiger partial charge in [0, 0.05) is 0 Å². The molecule has 0 bridgehead atoms. The van der Waals surface area contributed by atoms with E-state index < -0.39 is 8.32 Å². The summed E-state index contributed by atoms with van der Waals surface area (Å²) in [5.74, 6) is 1.98. The summed E-state index contributed by atoms with van der Waals surface area (Å²) in [7, 11) is -2.03. The molecule has 0 aliphatic carbocycles. The molecule has 0 aromatic heterocycles. The Hall–Kier alpha value is -0.0982. The van der Waals surface area contributed by atoms with Crippen LogP contribution in [-0.2, 0) is 13.7 Å². The third-order valence-corrected chi connectivity index (χ3v) is 9.67. The minimum atomic E-state index is -1.73. The Morgan fingerprint density at radius 2 is 1.48 bits per heavy atom. The quantitative estimate of drug-likeness (QED) is 0.711. The molecule has 1 saturated heterocycles. The summed E-state index contributed by atoms with van der Waals surface area (Å²) in [4.78, 5) is 0. The normalized spacial score (nSPS) is 23.8. The van der Waals surface area contributed by atoms with Crippen molar-refractivity contribution in [3.8, 4) is 0 Å². The summed E-state index contributed by atoms with van der Waals surface area (Å²) in [5, 5.41) is 0.222. The van der Waals surface area contributed by atoms with Gasteiger partial charge in [-0.1, -0.05) is 32.8 Å². The van der Waals surface area contributed by atoms with E-state index in [0.717, 1.165) is 0 Å². The molecule has 5 heteroatoms. The molecule has 0 saturated carbocycles. The van der Waals surface area contributed by atoms with Crippen LogP contribution in [0.5, 0.6) is 0 Å². The Labute approximate surface area is 132 Å². The third kappa shape index (κ3) is 4.44. The summed E-state index contributed by atoms with van der Waals surface area (Å²) in [6.07, 6.45) is 2.13. The molecule has 1 fully saturated rings. The minimum Gasteiger partial charge on any atom is -0.411 e. The number of rotatable bonds is 4. The van der Waals surface area contributed by atoms with Crippen LogP contribution in [0, 0.1) is 0 Å². The van der Waals surface area contributed by atoms with Gasteiger partial charge in [-0.25, -0.2) is 0 Å². The molecule has 1 aliphatic heterocycles. The van der Waals surface area contributed by atoms with E-state index in [9.17, 15) is 0 Å². The lowest BCUT2D eigenvalue weighted by Gasteiger charge is -2.37. The largest absolute Gasteiger partial charge is 0.486 e. The van der Waals surface area contributed by atoms with Gasteiger partial charge in [-0.2, -0.15) is 0 Å². The number of hydrogen-bond acceptors (Lipinski definition) is 3. The Kier molecular flexibility index (Phi) is 5.27. The fourth-order valence-electron chi connectivity index (χ4n) is 1.90. The summed E-state index contributed by atoms with van der Waals surface area (Å²) in [5.41, 5.74) is -0.572. The van der Waals surface area contributed by atoms with Crippen LogP contribution < -0.4 is 0 Å². The second-order valence-electron chi connectivity index (χ2n) is 8.59. The fraction of sp³-hybridized carbons (Fsp3) is 0.875. The summed E-state index contributed by atoms with van der Waals surface area (Å²) in [6.45, 7) is 21.7. The standard InChI is InChI=1S/C16H33BO3Si/c1-13(18-21(9,10)14(2,3)4)11-12-17-19-15(5,6)16(7,8)20-17/h11-13H,1-10H3/b12-11-. The molecule has 1 unspecified atom stereocenters.